The predicted molar refractivity (Wildman–Crippen MR) is 69.8 cm³/mol. The molecule has 0 aliphatic rings. The van der Waals surface area contributed by atoms with Crippen LogP contribution in [0, 0.1) is 12.8 Å². The molecule has 0 spiro atoms. The highest BCUT2D eigenvalue weighted by molar-refractivity contribution is 5.28. The first-order chi connectivity index (χ1) is 7.63. The summed E-state index contributed by atoms with van der Waals surface area (Å²) >= 11 is 0. The van der Waals surface area contributed by atoms with Crippen LogP contribution in [0.2, 0.25) is 0 Å². The Balaban J connectivity index is 2.53. The van der Waals surface area contributed by atoms with Crippen molar-refractivity contribution in [1.29, 1.82) is 0 Å². The summed E-state index contributed by atoms with van der Waals surface area (Å²) in [6.45, 7) is 10.9. The smallest absolute Gasteiger partial charge is 0.203 e. The minimum atomic E-state index is 0.742. The number of rotatable bonds is 7. The molecular formula is C13H25N3. The molecule has 0 saturated carbocycles. The fraction of sp³-hybridized carbons (Fsp3) is 0.769. The lowest BCUT2D eigenvalue weighted by Gasteiger charge is -2.10. The Morgan fingerprint density at radius 2 is 2.19 bits per heavy atom. The minimum Gasteiger partial charge on any atom is -0.356 e. The van der Waals surface area contributed by atoms with E-state index in [9.17, 15) is 0 Å². The number of nitrogens with one attached hydrogen (secondary N) is 1. The van der Waals surface area contributed by atoms with Gasteiger partial charge in [0.1, 0.15) is 0 Å². The standard InChI is InChI=1S/C13H25N3/c1-5-6-8-14-13-15-12(4)10-16(13)9-7-11(2)3/h10-11H,5-9H2,1-4H3,(H,14,15). The van der Waals surface area contributed by atoms with Gasteiger partial charge in [0.15, 0.2) is 0 Å². The highest BCUT2D eigenvalue weighted by Gasteiger charge is 2.05. The topological polar surface area (TPSA) is 29.9 Å². The molecule has 0 fully saturated rings. The molecule has 3 heteroatoms. The van der Waals surface area contributed by atoms with Gasteiger partial charge in [-0.05, 0) is 25.7 Å². The number of imidazole rings is 1. The Morgan fingerprint density at radius 3 is 2.81 bits per heavy atom. The van der Waals surface area contributed by atoms with Gasteiger partial charge < -0.3 is 9.88 Å². The third kappa shape index (κ3) is 4.25. The van der Waals surface area contributed by atoms with Gasteiger partial charge in [-0.25, -0.2) is 4.98 Å². The molecule has 1 heterocycles. The maximum Gasteiger partial charge on any atom is 0.203 e. The van der Waals surface area contributed by atoms with E-state index in [2.05, 4.69) is 48.8 Å². The zero-order chi connectivity index (χ0) is 12.0. The summed E-state index contributed by atoms with van der Waals surface area (Å²) in [6.07, 6.45) is 5.77. The first-order valence-corrected chi connectivity index (χ1v) is 6.41. The van der Waals surface area contributed by atoms with Crippen molar-refractivity contribution in [1.82, 2.24) is 9.55 Å². The normalized spacial score (nSPS) is 11.1. The van der Waals surface area contributed by atoms with Crippen molar-refractivity contribution in [3.63, 3.8) is 0 Å². The molecule has 92 valence electrons. The Morgan fingerprint density at radius 1 is 1.44 bits per heavy atom. The summed E-state index contributed by atoms with van der Waals surface area (Å²) in [5.74, 6) is 1.78. The van der Waals surface area contributed by atoms with Crippen LogP contribution < -0.4 is 5.32 Å². The van der Waals surface area contributed by atoms with Crippen LogP contribution >= 0.6 is 0 Å². The second kappa shape index (κ2) is 6.56. The molecule has 0 amide bonds. The van der Waals surface area contributed by atoms with Gasteiger partial charge in [0.05, 0.1) is 5.69 Å². The Labute approximate surface area is 99.3 Å². The lowest BCUT2D eigenvalue weighted by Crippen LogP contribution is -2.09. The van der Waals surface area contributed by atoms with Gasteiger partial charge in [-0.2, -0.15) is 0 Å². The molecule has 0 saturated heterocycles. The lowest BCUT2D eigenvalue weighted by atomic mass is 10.1. The first-order valence-electron chi connectivity index (χ1n) is 6.41. The van der Waals surface area contributed by atoms with Crippen molar-refractivity contribution in [3.8, 4) is 0 Å². The van der Waals surface area contributed by atoms with E-state index < -0.39 is 0 Å². The molecular weight excluding hydrogens is 198 g/mol. The van der Waals surface area contributed by atoms with Crippen LogP contribution in [0.3, 0.4) is 0 Å². The van der Waals surface area contributed by atoms with Gasteiger partial charge in [0.25, 0.3) is 0 Å². The van der Waals surface area contributed by atoms with E-state index >= 15 is 0 Å². The molecule has 0 aliphatic heterocycles. The predicted octanol–water partition coefficient (Wildman–Crippen LogP) is 3.45. The molecule has 1 aromatic rings. The molecule has 1 aromatic heterocycles. The maximum absolute atomic E-state index is 4.51. The molecule has 3 nitrogen and oxygen atoms in total. The van der Waals surface area contributed by atoms with Gasteiger partial charge in [-0.1, -0.05) is 27.2 Å². The summed E-state index contributed by atoms with van der Waals surface area (Å²) in [6, 6.07) is 0. The zero-order valence-corrected chi connectivity index (χ0v) is 11.1. The number of hydrogen-bond acceptors (Lipinski definition) is 2. The van der Waals surface area contributed by atoms with E-state index in [0.717, 1.165) is 30.6 Å². The van der Waals surface area contributed by atoms with E-state index in [-0.39, 0.29) is 0 Å². The molecule has 16 heavy (non-hydrogen) atoms. The second-order valence-electron chi connectivity index (χ2n) is 4.86. The molecule has 0 radical (unpaired) electrons. The van der Waals surface area contributed by atoms with Crippen LogP contribution in [-0.2, 0) is 6.54 Å². The molecule has 1 N–H and O–H groups in total. The number of nitrogens with zero attached hydrogens (tertiary/aromatic N) is 2. The summed E-state index contributed by atoms with van der Waals surface area (Å²) in [4.78, 5) is 4.51. The van der Waals surface area contributed by atoms with Crippen molar-refractivity contribution in [3.05, 3.63) is 11.9 Å². The van der Waals surface area contributed by atoms with Crippen molar-refractivity contribution in [2.24, 2.45) is 5.92 Å². The second-order valence-corrected chi connectivity index (χ2v) is 4.86. The van der Waals surface area contributed by atoms with Crippen molar-refractivity contribution < 1.29 is 0 Å². The lowest BCUT2D eigenvalue weighted by molar-refractivity contribution is 0.518. The van der Waals surface area contributed by atoms with E-state index in [1.807, 2.05) is 0 Å². The van der Waals surface area contributed by atoms with E-state index in [0.29, 0.717) is 0 Å². The van der Waals surface area contributed by atoms with Crippen LogP contribution in [-0.4, -0.2) is 16.1 Å². The minimum absolute atomic E-state index is 0.742. The largest absolute Gasteiger partial charge is 0.356 e. The average molecular weight is 223 g/mol. The molecule has 0 aliphatic carbocycles. The summed E-state index contributed by atoms with van der Waals surface area (Å²) < 4.78 is 2.24. The van der Waals surface area contributed by atoms with E-state index in [1.165, 1.54) is 19.3 Å². The molecule has 0 unspecified atom stereocenters. The van der Waals surface area contributed by atoms with Gasteiger partial charge in [-0.3, -0.25) is 0 Å². The molecule has 0 atom stereocenters. The summed E-state index contributed by atoms with van der Waals surface area (Å²) in [5.41, 5.74) is 1.10. The first kappa shape index (κ1) is 13.1. The number of anilines is 1. The number of unbranched alkanes of at least 4 members (excludes halogenated alkanes) is 1. The van der Waals surface area contributed by atoms with Crippen LogP contribution in [0.4, 0.5) is 5.95 Å². The van der Waals surface area contributed by atoms with Gasteiger partial charge >= 0.3 is 0 Å². The van der Waals surface area contributed by atoms with Crippen molar-refractivity contribution >= 4 is 5.95 Å². The quantitative estimate of drug-likeness (QED) is 0.717. The highest BCUT2D eigenvalue weighted by Crippen LogP contribution is 2.11. The Hall–Kier alpha value is -0.990. The van der Waals surface area contributed by atoms with Gasteiger partial charge in [0.2, 0.25) is 5.95 Å². The Bertz CT molecular complexity index is 302. The summed E-state index contributed by atoms with van der Waals surface area (Å²) in [7, 11) is 0. The van der Waals surface area contributed by atoms with Crippen LogP contribution in [0.5, 0.6) is 0 Å². The van der Waals surface area contributed by atoms with Crippen LogP contribution in [0.25, 0.3) is 0 Å². The van der Waals surface area contributed by atoms with Gasteiger partial charge in [0, 0.05) is 19.3 Å². The number of aromatic nitrogens is 2. The van der Waals surface area contributed by atoms with Crippen LogP contribution in [0.1, 0.15) is 45.7 Å². The monoisotopic (exact) mass is 223 g/mol. The van der Waals surface area contributed by atoms with Crippen molar-refractivity contribution in [2.75, 3.05) is 11.9 Å². The summed E-state index contributed by atoms with van der Waals surface area (Å²) in [5, 5.41) is 3.41. The van der Waals surface area contributed by atoms with E-state index in [1.54, 1.807) is 0 Å². The third-order valence-corrected chi connectivity index (χ3v) is 2.66. The number of hydrogen-bond donors (Lipinski definition) is 1. The Kier molecular flexibility index (Phi) is 5.36. The average Bonchev–Trinajstić information content (AvgIpc) is 2.56. The SMILES string of the molecule is CCCCNc1nc(C)cn1CCC(C)C. The maximum atomic E-state index is 4.51. The molecule has 0 aromatic carbocycles. The fourth-order valence-electron chi connectivity index (χ4n) is 1.63. The zero-order valence-electron chi connectivity index (χ0n) is 11.1. The van der Waals surface area contributed by atoms with Gasteiger partial charge in [-0.15, -0.1) is 0 Å². The van der Waals surface area contributed by atoms with E-state index in [4.69, 9.17) is 0 Å². The van der Waals surface area contributed by atoms with Crippen molar-refractivity contribution in [2.45, 2.75) is 53.5 Å². The molecule has 0 bridgehead atoms. The molecule has 1 rings (SSSR count). The fourth-order valence-corrected chi connectivity index (χ4v) is 1.63. The third-order valence-electron chi connectivity index (χ3n) is 2.66. The highest BCUT2D eigenvalue weighted by atomic mass is 15.2. The van der Waals surface area contributed by atoms with Crippen LogP contribution in [0.15, 0.2) is 6.20 Å². The number of aryl methyl sites for hydroxylation is 2.